The first-order valence-electron chi connectivity index (χ1n) is 5.45. The predicted molar refractivity (Wildman–Crippen MR) is 71.8 cm³/mol. The van der Waals surface area contributed by atoms with Crippen molar-refractivity contribution < 1.29 is 4.42 Å². The second-order valence-electron chi connectivity index (χ2n) is 4.30. The van der Waals surface area contributed by atoms with Crippen molar-refractivity contribution in [2.24, 2.45) is 0 Å². The largest absolute Gasteiger partial charge is 0.469 e. The molecule has 2 rings (SSSR count). The van der Waals surface area contributed by atoms with Crippen LogP contribution in [0.25, 0.3) is 0 Å². The van der Waals surface area contributed by atoms with Gasteiger partial charge in [-0.05, 0) is 31.2 Å². The molecule has 0 aliphatic heterocycles. The van der Waals surface area contributed by atoms with Crippen LogP contribution in [0, 0.1) is 11.3 Å². The van der Waals surface area contributed by atoms with Crippen molar-refractivity contribution in [3.8, 4) is 6.07 Å². The Bertz CT molecular complexity index is 566. The Kier molecular flexibility index (Phi) is 3.65. The second-order valence-corrected chi connectivity index (χ2v) is 5.11. The van der Waals surface area contributed by atoms with E-state index in [4.69, 9.17) is 27.6 Å². The third-order valence-corrected chi connectivity index (χ3v) is 3.50. The highest BCUT2D eigenvalue weighted by atomic mass is 35.5. The molecular weight excluding hydrogens is 269 g/mol. The van der Waals surface area contributed by atoms with Crippen molar-refractivity contribution in [3.63, 3.8) is 0 Å². The first-order valence-corrected chi connectivity index (χ1v) is 6.20. The van der Waals surface area contributed by atoms with Crippen LogP contribution >= 0.6 is 23.2 Å². The van der Waals surface area contributed by atoms with Crippen LogP contribution in [0.3, 0.4) is 0 Å². The Morgan fingerprint density at radius 1 is 1.22 bits per heavy atom. The molecule has 1 aromatic carbocycles. The molecule has 0 saturated carbocycles. The molecule has 0 bridgehead atoms. The van der Waals surface area contributed by atoms with E-state index < -0.39 is 5.41 Å². The van der Waals surface area contributed by atoms with Gasteiger partial charge in [0.15, 0.2) is 0 Å². The third kappa shape index (κ3) is 2.38. The maximum absolute atomic E-state index is 9.48. The van der Waals surface area contributed by atoms with Crippen LogP contribution in [0.1, 0.15) is 18.2 Å². The minimum absolute atomic E-state index is 0.431. The Morgan fingerprint density at radius 3 is 2.39 bits per heavy atom. The third-order valence-electron chi connectivity index (χ3n) is 2.87. The maximum atomic E-state index is 9.48. The number of hydrogen-bond donors (Lipinski definition) is 0. The smallest absolute Gasteiger partial charge is 0.105 e. The van der Waals surface area contributed by atoms with Gasteiger partial charge < -0.3 is 4.42 Å². The van der Waals surface area contributed by atoms with E-state index in [0.29, 0.717) is 22.0 Å². The molecule has 0 radical (unpaired) electrons. The van der Waals surface area contributed by atoms with Crippen molar-refractivity contribution in [2.75, 3.05) is 0 Å². The van der Waals surface area contributed by atoms with Crippen molar-refractivity contribution in [1.29, 1.82) is 5.26 Å². The molecule has 18 heavy (non-hydrogen) atoms. The van der Waals surface area contributed by atoms with Gasteiger partial charge in [0.2, 0.25) is 0 Å². The molecule has 0 aliphatic carbocycles. The minimum Gasteiger partial charge on any atom is -0.469 e. The molecular formula is C14H11Cl2NO. The van der Waals surface area contributed by atoms with Gasteiger partial charge in [-0.1, -0.05) is 29.3 Å². The van der Waals surface area contributed by atoms with E-state index in [9.17, 15) is 5.26 Å². The quantitative estimate of drug-likeness (QED) is 0.823. The zero-order valence-corrected chi connectivity index (χ0v) is 11.3. The summed E-state index contributed by atoms with van der Waals surface area (Å²) in [6.45, 7) is 1.81. The summed E-state index contributed by atoms with van der Waals surface area (Å²) in [5.74, 6) is 0.732. The van der Waals surface area contributed by atoms with E-state index in [1.165, 1.54) is 0 Å². The fourth-order valence-corrected chi connectivity index (χ4v) is 2.78. The van der Waals surface area contributed by atoms with Gasteiger partial charge in [-0.15, -0.1) is 0 Å². The lowest BCUT2D eigenvalue weighted by atomic mass is 9.80. The number of benzene rings is 1. The topological polar surface area (TPSA) is 36.9 Å². The highest BCUT2D eigenvalue weighted by molar-refractivity contribution is 6.36. The number of rotatable bonds is 3. The average Bonchev–Trinajstić information content (AvgIpc) is 2.81. The van der Waals surface area contributed by atoms with Crippen LogP contribution < -0.4 is 0 Å². The number of halogens is 2. The maximum Gasteiger partial charge on any atom is 0.105 e. The Balaban J connectivity index is 2.47. The predicted octanol–water partition coefficient (Wildman–Crippen LogP) is 4.61. The highest BCUT2D eigenvalue weighted by Gasteiger charge is 2.32. The van der Waals surface area contributed by atoms with Crippen molar-refractivity contribution in [3.05, 3.63) is 58.0 Å². The van der Waals surface area contributed by atoms with Crippen LogP contribution in [0.4, 0.5) is 0 Å². The lowest BCUT2D eigenvalue weighted by molar-refractivity contribution is 0.462. The summed E-state index contributed by atoms with van der Waals surface area (Å²) in [5.41, 5.74) is -0.167. The number of furan rings is 1. The molecule has 0 aliphatic rings. The Morgan fingerprint density at radius 2 is 1.89 bits per heavy atom. The second kappa shape index (κ2) is 5.06. The molecule has 1 aromatic heterocycles. The summed E-state index contributed by atoms with van der Waals surface area (Å²) >= 11 is 12.3. The van der Waals surface area contributed by atoms with Gasteiger partial charge in [0.25, 0.3) is 0 Å². The van der Waals surface area contributed by atoms with E-state index in [1.54, 1.807) is 30.5 Å². The van der Waals surface area contributed by atoms with Crippen molar-refractivity contribution in [1.82, 2.24) is 0 Å². The number of hydrogen-bond acceptors (Lipinski definition) is 2. The standard InChI is InChI=1S/C14H11Cl2NO/c1-14(9-17,8-10-4-3-7-18-10)13-11(15)5-2-6-12(13)16/h2-7H,8H2,1H3. The average molecular weight is 280 g/mol. The number of nitrogens with zero attached hydrogens (tertiary/aromatic N) is 1. The Labute approximate surface area is 116 Å². The lowest BCUT2D eigenvalue weighted by Crippen LogP contribution is -2.23. The van der Waals surface area contributed by atoms with Crippen LogP contribution in [0.15, 0.2) is 41.0 Å². The van der Waals surface area contributed by atoms with Crippen LogP contribution in [0.2, 0.25) is 10.0 Å². The molecule has 0 amide bonds. The van der Waals surface area contributed by atoms with Crippen LogP contribution in [0.5, 0.6) is 0 Å². The zero-order valence-electron chi connectivity index (χ0n) is 9.78. The molecule has 4 heteroatoms. The molecule has 2 nitrogen and oxygen atoms in total. The van der Waals surface area contributed by atoms with Gasteiger partial charge in [-0.3, -0.25) is 0 Å². The fraction of sp³-hybridized carbons (Fsp3) is 0.214. The van der Waals surface area contributed by atoms with E-state index in [2.05, 4.69) is 6.07 Å². The molecule has 0 saturated heterocycles. The van der Waals surface area contributed by atoms with Gasteiger partial charge in [0, 0.05) is 22.0 Å². The van der Waals surface area contributed by atoms with Crippen LogP contribution in [-0.4, -0.2) is 0 Å². The molecule has 1 unspecified atom stereocenters. The molecule has 0 N–H and O–H groups in total. The monoisotopic (exact) mass is 279 g/mol. The summed E-state index contributed by atoms with van der Waals surface area (Å²) < 4.78 is 5.29. The molecule has 2 aromatic rings. The first-order chi connectivity index (χ1) is 8.57. The van der Waals surface area contributed by atoms with Gasteiger partial charge >= 0.3 is 0 Å². The van der Waals surface area contributed by atoms with Crippen LogP contribution in [-0.2, 0) is 11.8 Å². The minimum atomic E-state index is -0.812. The fourth-order valence-electron chi connectivity index (χ4n) is 1.97. The zero-order chi connectivity index (χ0) is 13.2. The van der Waals surface area contributed by atoms with E-state index in [1.807, 2.05) is 13.0 Å². The summed E-state index contributed by atoms with van der Waals surface area (Å²) in [7, 11) is 0. The van der Waals surface area contributed by atoms with Gasteiger partial charge in [-0.2, -0.15) is 5.26 Å². The molecule has 0 spiro atoms. The normalized spacial score (nSPS) is 13.9. The van der Waals surface area contributed by atoms with Gasteiger partial charge in [0.05, 0.1) is 17.7 Å². The number of nitriles is 1. The highest BCUT2D eigenvalue weighted by Crippen LogP contribution is 2.37. The SMILES string of the molecule is CC(C#N)(Cc1ccco1)c1c(Cl)cccc1Cl. The molecule has 1 atom stereocenters. The lowest BCUT2D eigenvalue weighted by Gasteiger charge is -2.23. The summed E-state index contributed by atoms with van der Waals surface area (Å²) in [6.07, 6.45) is 2.02. The summed E-state index contributed by atoms with van der Waals surface area (Å²) in [5, 5.41) is 10.5. The van der Waals surface area contributed by atoms with E-state index in [-0.39, 0.29) is 0 Å². The summed E-state index contributed by atoms with van der Waals surface area (Å²) in [6, 6.07) is 11.1. The van der Waals surface area contributed by atoms with Gasteiger partial charge in [-0.25, -0.2) is 0 Å². The van der Waals surface area contributed by atoms with Crippen molar-refractivity contribution in [2.45, 2.75) is 18.8 Å². The molecule has 0 fully saturated rings. The molecule has 92 valence electrons. The van der Waals surface area contributed by atoms with Crippen molar-refractivity contribution >= 4 is 23.2 Å². The van der Waals surface area contributed by atoms with E-state index in [0.717, 1.165) is 5.76 Å². The first kappa shape index (κ1) is 13.0. The summed E-state index contributed by atoms with van der Waals surface area (Å²) in [4.78, 5) is 0. The molecule has 1 heterocycles. The van der Waals surface area contributed by atoms with E-state index >= 15 is 0 Å². The van der Waals surface area contributed by atoms with Gasteiger partial charge in [0.1, 0.15) is 5.76 Å². The Hall–Kier alpha value is -1.43.